The van der Waals surface area contributed by atoms with Crippen molar-refractivity contribution in [3.63, 3.8) is 0 Å². The Labute approximate surface area is 145 Å². The smallest absolute Gasteiger partial charge is 0.319 e. The molecule has 0 spiro atoms. The first-order valence-electron chi connectivity index (χ1n) is 7.62. The number of carbonyl (C=O) groups is 1. The zero-order valence-electron chi connectivity index (χ0n) is 13.4. The van der Waals surface area contributed by atoms with Gasteiger partial charge in [-0.15, -0.1) is 0 Å². The summed E-state index contributed by atoms with van der Waals surface area (Å²) >= 11 is 3.44. The Morgan fingerprint density at radius 1 is 1.22 bits per heavy atom. The number of nitrogens with one attached hydrogen (secondary N) is 2. The topological polar surface area (TPSA) is 50.4 Å². The van der Waals surface area contributed by atoms with Crippen LogP contribution in [0.1, 0.15) is 18.1 Å². The number of anilines is 1. The van der Waals surface area contributed by atoms with E-state index in [2.05, 4.69) is 33.5 Å². The maximum Gasteiger partial charge on any atom is 0.319 e. The van der Waals surface area contributed by atoms with Gasteiger partial charge >= 0.3 is 6.03 Å². The lowest BCUT2D eigenvalue weighted by Crippen LogP contribution is -2.32. The van der Waals surface area contributed by atoms with Crippen LogP contribution in [0.15, 0.2) is 46.9 Å². The molecule has 2 amide bonds. The molecule has 2 rings (SSSR count). The maximum atomic E-state index is 11.9. The van der Waals surface area contributed by atoms with E-state index in [0.29, 0.717) is 13.2 Å². The van der Waals surface area contributed by atoms with Gasteiger partial charge in [-0.3, -0.25) is 0 Å². The van der Waals surface area contributed by atoms with Crippen LogP contribution in [-0.2, 0) is 6.42 Å². The van der Waals surface area contributed by atoms with Crippen LogP contribution in [0.25, 0.3) is 0 Å². The molecule has 0 saturated carbocycles. The summed E-state index contributed by atoms with van der Waals surface area (Å²) in [5, 5.41) is 5.59. The first kappa shape index (κ1) is 17.3. The van der Waals surface area contributed by atoms with Crippen molar-refractivity contribution in [3.8, 4) is 5.75 Å². The van der Waals surface area contributed by atoms with Crippen LogP contribution in [0.4, 0.5) is 10.5 Å². The quantitative estimate of drug-likeness (QED) is 0.728. The van der Waals surface area contributed by atoms with Gasteiger partial charge in [-0.2, -0.15) is 0 Å². The molecular formula is C18H21BrN2O2. The standard InChI is InChI=1S/C18H21BrN2O2/c1-3-14-6-4-5-7-17(14)23-11-10-20-18(22)21-16-9-8-13(2)12-15(16)19/h4-9,12H,3,10-11H2,1-2H3,(H2,20,21,22). The van der Waals surface area contributed by atoms with Gasteiger partial charge < -0.3 is 15.4 Å². The van der Waals surface area contributed by atoms with E-state index in [-0.39, 0.29) is 6.03 Å². The summed E-state index contributed by atoms with van der Waals surface area (Å²) in [7, 11) is 0. The molecule has 5 heteroatoms. The van der Waals surface area contributed by atoms with Crippen molar-refractivity contribution >= 4 is 27.6 Å². The first-order chi connectivity index (χ1) is 11.1. The maximum absolute atomic E-state index is 11.9. The number of para-hydroxylation sites is 1. The molecule has 122 valence electrons. The number of ether oxygens (including phenoxy) is 1. The molecule has 0 atom stereocenters. The molecule has 0 aliphatic rings. The third-order valence-corrected chi connectivity index (χ3v) is 4.03. The number of hydrogen-bond acceptors (Lipinski definition) is 2. The normalized spacial score (nSPS) is 10.2. The number of hydrogen-bond donors (Lipinski definition) is 2. The van der Waals surface area contributed by atoms with Gasteiger partial charge in [-0.25, -0.2) is 4.79 Å². The predicted molar refractivity (Wildman–Crippen MR) is 97.2 cm³/mol. The summed E-state index contributed by atoms with van der Waals surface area (Å²) in [5.41, 5.74) is 3.04. The van der Waals surface area contributed by atoms with Gasteiger partial charge in [-0.1, -0.05) is 31.2 Å². The van der Waals surface area contributed by atoms with Gasteiger partial charge in [0.05, 0.1) is 12.2 Å². The predicted octanol–water partition coefficient (Wildman–Crippen LogP) is 4.52. The van der Waals surface area contributed by atoms with Gasteiger partial charge in [0, 0.05) is 4.47 Å². The number of aryl methyl sites for hydroxylation is 2. The Kier molecular flexibility index (Phi) is 6.47. The van der Waals surface area contributed by atoms with Crippen molar-refractivity contribution < 1.29 is 9.53 Å². The number of amides is 2. The van der Waals surface area contributed by atoms with Crippen LogP contribution in [0.2, 0.25) is 0 Å². The van der Waals surface area contributed by atoms with E-state index in [1.807, 2.05) is 49.4 Å². The minimum Gasteiger partial charge on any atom is -0.491 e. The molecule has 0 bridgehead atoms. The van der Waals surface area contributed by atoms with Gasteiger partial charge in [0.25, 0.3) is 0 Å². The van der Waals surface area contributed by atoms with Crippen molar-refractivity contribution in [2.24, 2.45) is 0 Å². The highest BCUT2D eigenvalue weighted by Gasteiger charge is 2.05. The average molecular weight is 377 g/mol. The second kappa shape index (κ2) is 8.58. The molecule has 0 saturated heterocycles. The zero-order valence-corrected chi connectivity index (χ0v) is 14.9. The van der Waals surface area contributed by atoms with Crippen LogP contribution >= 0.6 is 15.9 Å². The lowest BCUT2D eigenvalue weighted by Gasteiger charge is -2.12. The van der Waals surface area contributed by atoms with Gasteiger partial charge in [-0.05, 0) is 58.6 Å². The number of rotatable bonds is 6. The van der Waals surface area contributed by atoms with Crippen LogP contribution in [0.5, 0.6) is 5.75 Å². The molecule has 0 aromatic heterocycles. The van der Waals surface area contributed by atoms with Crippen LogP contribution < -0.4 is 15.4 Å². The highest BCUT2D eigenvalue weighted by molar-refractivity contribution is 9.10. The second-order valence-corrected chi connectivity index (χ2v) is 6.03. The largest absolute Gasteiger partial charge is 0.491 e. The number of carbonyl (C=O) groups excluding carboxylic acids is 1. The summed E-state index contributed by atoms with van der Waals surface area (Å²) in [4.78, 5) is 11.9. The molecule has 2 aromatic carbocycles. The van der Waals surface area contributed by atoms with Crippen molar-refractivity contribution in [2.45, 2.75) is 20.3 Å². The van der Waals surface area contributed by atoms with E-state index in [0.717, 1.165) is 27.9 Å². The first-order valence-corrected chi connectivity index (χ1v) is 8.41. The Hall–Kier alpha value is -2.01. The fraction of sp³-hybridized carbons (Fsp3) is 0.278. The molecule has 23 heavy (non-hydrogen) atoms. The number of halogens is 1. The zero-order chi connectivity index (χ0) is 16.7. The van der Waals surface area contributed by atoms with E-state index in [4.69, 9.17) is 4.74 Å². The summed E-state index contributed by atoms with van der Waals surface area (Å²) in [6.07, 6.45) is 0.922. The number of urea groups is 1. The molecule has 0 aliphatic heterocycles. The highest BCUT2D eigenvalue weighted by atomic mass is 79.9. The Morgan fingerprint density at radius 2 is 2.00 bits per heavy atom. The third kappa shape index (κ3) is 5.28. The van der Waals surface area contributed by atoms with E-state index >= 15 is 0 Å². The fourth-order valence-corrected chi connectivity index (χ4v) is 2.74. The molecule has 0 fully saturated rings. The third-order valence-electron chi connectivity index (χ3n) is 3.37. The minimum absolute atomic E-state index is 0.248. The van der Waals surface area contributed by atoms with Gasteiger partial charge in [0.2, 0.25) is 0 Å². The van der Waals surface area contributed by atoms with Crippen LogP contribution in [0.3, 0.4) is 0 Å². The SMILES string of the molecule is CCc1ccccc1OCCNC(=O)Nc1ccc(C)cc1Br. The average Bonchev–Trinajstić information content (AvgIpc) is 2.54. The summed E-state index contributed by atoms with van der Waals surface area (Å²) in [6, 6.07) is 13.5. The Morgan fingerprint density at radius 3 is 2.74 bits per heavy atom. The van der Waals surface area contributed by atoms with Gasteiger partial charge in [0.1, 0.15) is 12.4 Å². The molecule has 0 heterocycles. The molecule has 0 unspecified atom stereocenters. The van der Waals surface area contributed by atoms with Crippen LogP contribution in [0, 0.1) is 6.92 Å². The lowest BCUT2D eigenvalue weighted by molar-refractivity contribution is 0.247. The van der Waals surface area contributed by atoms with Crippen molar-refractivity contribution in [3.05, 3.63) is 58.1 Å². The molecule has 0 radical (unpaired) electrons. The second-order valence-electron chi connectivity index (χ2n) is 5.17. The van der Waals surface area contributed by atoms with Crippen LogP contribution in [-0.4, -0.2) is 19.2 Å². The molecule has 4 nitrogen and oxygen atoms in total. The van der Waals surface area contributed by atoms with E-state index in [1.54, 1.807) is 0 Å². The van der Waals surface area contributed by atoms with Crippen molar-refractivity contribution in [2.75, 3.05) is 18.5 Å². The van der Waals surface area contributed by atoms with E-state index in [1.165, 1.54) is 5.56 Å². The van der Waals surface area contributed by atoms with Gasteiger partial charge in [0.15, 0.2) is 0 Å². The van der Waals surface area contributed by atoms with Crippen molar-refractivity contribution in [1.82, 2.24) is 5.32 Å². The summed E-state index contributed by atoms with van der Waals surface area (Å²) < 4.78 is 6.58. The summed E-state index contributed by atoms with van der Waals surface area (Å²) in [6.45, 7) is 4.96. The van der Waals surface area contributed by atoms with Crippen molar-refractivity contribution in [1.29, 1.82) is 0 Å². The monoisotopic (exact) mass is 376 g/mol. The number of benzene rings is 2. The highest BCUT2D eigenvalue weighted by Crippen LogP contribution is 2.23. The fourth-order valence-electron chi connectivity index (χ4n) is 2.15. The Balaban J connectivity index is 1.76. The molecule has 2 aromatic rings. The lowest BCUT2D eigenvalue weighted by atomic mass is 10.1. The van der Waals surface area contributed by atoms with E-state index < -0.39 is 0 Å². The molecule has 2 N–H and O–H groups in total. The summed E-state index contributed by atoms with van der Waals surface area (Å²) in [5.74, 6) is 0.874. The molecular weight excluding hydrogens is 356 g/mol. The minimum atomic E-state index is -0.248. The Bertz CT molecular complexity index is 674. The van der Waals surface area contributed by atoms with E-state index in [9.17, 15) is 4.79 Å². The molecule has 0 aliphatic carbocycles.